The summed E-state index contributed by atoms with van der Waals surface area (Å²) in [5.41, 5.74) is 2.86. The third kappa shape index (κ3) is 4.11. The Morgan fingerprint density at radius 1 is 1.42 bits per heavy atom. The van der Waals surface area contributed by atoms with E-state index in [4.69, 9.17) is 14.5 Å². The van der Waals surface area contributed by atoms with E-state index < -0.39 is 0 Å². The monoisotopic (exact) mass is 393 g/mol. The highest BCUT2D eigenvalue weighted by molar-refractivity contribution is 8.00. The lowest BCUT2D eigenvalue weighted by Crippen LogP contribution is -2.38. The molecule has 1 fully saturated rings. The number of rotatable bonds is 4. The average molecular weight is 394 g/mol. The lowest BCUT2D eigenvalue weighted by molar-refractivity contribution is -0.137. The molecule has 2 aliphatic heterocycles. The van der Waals surface area contributed by atoms with E-state index in [-0.39, 0.29) is 16.5 Å². The van der Waals surface area contributed by atoms with Crippen LogP contribution in [0.25, 0.3) is 0 Å². The standard InChI is InChI=1S/C18H23N3O3S2/c1-18(2)8-12-13(9-19)17(25-11-15(22)23-3)20-16(14(12)10-26-18)21-4-6-24-7-5-21/h4-8,10-11H2,1-3H3. The minimum atomic E-state index is -0.317. The first-order chi connectivity index (χ1) is 12.4. The van der Waals surface area contributed by atoms with Crippen LogP contribution in [0.15, 0.2) is 5.03 Å². The molecule has 26 heavy (non-hydrogen) atoms. The van der Waals surface area contributed by atoms with Crippen molar-refractivity contribution in [1.82, 2.24) is 4.98 Å². The van der Waals surface area contributed by atoms with E-state index in [2.05, 4.69) is 24.8 Å². The highest BCUT2D eigenvalue weighted by Gasteiger charge is 2.33. The van der Waals surface area contributed by atoms with Gasteiger partial charge >= 0.3 is 5.97 Å². The summed E-state index contributed by atoms with van der Waals surface area (Å²) in [5.74, 6) is 1.62. The highest BCUT2D eigenvalue weighted by atomic mass is 32.2. The van der Waals surface area contributed by atoms with Crippen LogP contribution in [0.5, 0.6) is 0 Å². The fraction of sp³-hybridized carbons (Fsp3) is 0.611. The quantitative estimate of drug-likeness (QED) is 0.571. The number of carbonyl (C=O) groups excluding carboxylic acids is 1. The smallest absolute Gasteiger partial charge is 0.316 e. The number of nitriles is 1. The summed E-state index contributed by atoms with van der Waals surface area (Å²) in [6.45, 7) is 7.36. The Morgan fingerprint density at radius 2 is 2.15 bits per heavy atom. The average Bonchev–Trinajstić information content (AvgIpc) is 2.64. The summed E-state index contributed by atoms with van der Waals surface area (Å²) < 4.78 is 10.3. The third-order valence-corrected chi connectivity index (χ3v) is 6.85. The minimum Gasteiger partial charge on any atom is -0.468 e. The topological polar surface area (TPSA) is 75.4 Å². The van der Waals surface area contributed by atoms with Gasteiger partial charge in [-0.3, -0.25) is 4.79 Å². The molecule has 0 unspecified atom stereocenters. The van der Waals surface area contributed by atoms with Crippen molar-refractivity contribution in [3.8, 4) is 6.07 Å². The van der Waals surface area contributed by atoms with E-state index in [1.165, 1.54) is 18.9 Å². The van der Waals surface area contributed by atoms with Crippen molar-refractivity contribution < 1.29 is 14.3 Å². The largest absolute Gasteiger partial charge is 0.468 e. The van der Waals surface area contributed by atoms with Crippen LogP contribution in [0, 0.1) is 11.3 Å². The van der Waals surface area contributed by atoms with Gasteiger partial charge in [0.2, 0.25) is 0 Å². The van der Waals surface area contributed by atoms with E-state index in [0.717, 1.165) is 42.2 Å². The lowest BCUT2D eigenvalue weighted by atomic mass is 9.94. The van der Waals surface area contributed by atoms with Crippen LogP contribution in [-0.2, 0) is 26.4 Å². The van der Waals surface area contributed by atoms with E-state index in [1.807, 2.05) is 11.8 Å². The Morgan fingerprint density at radius 3 is 2.81 bits per heavy atom. The maximum absolute atomic E-state index is 11.6. The number of fused-ring (bicyclic) bond motifs is 1. The van der Waals surface area contributed by atoms with Crippen LogP contribution in [0.3, 0.4) is 0 Å². The van der Waals surface area contributed by atoms with Gasteiger partial charge in [-0.2, -0.15) is 17.0 Å². The molecular formula is C18H23N3O3S2. The van der Waals surface area contributed by atoms with Crippen LogP contribution in [0.1, 0.15) is 30.5 Å². The molecule has 0 aliphatic carbocycles. The first kappa shape index (κ1) is 19.3. The predicted molar refractivity (Wildman–Crippen MR) is 104 cm³/mol. The van der Waals surface area contributed by atoms with E-state index >= 15 is 0 Å². The summed E-state index contributed by atoms with van der Waals surface area (Å²) in [7, 11) is 1.37. The van der Waals surface area contributed by atoms with Crippen LogP contribution in [-0.4, -0.2) is 54.9 Å². The number of aromatic nitrogens is 1. The Hall–Kier alpha value is -1.43. The van der Waals surface area contributed by atoms with Crippen molar-refractivity contribution in [2.75, 3.05) is 44.1 Å². The van der Waals surface area contributed by atoms with Crippen molar-refractivity contribution in [2.24, 2.45) is 0 Å². The zero-order valence-corrected chi connectivity index (χ0v) is 17.0. The molecule has 8 heteroatoms. The molecule has 1 aromatic rings. The number of nitrogens with zero attached hydrogens (tertiary/aromatic N) is 3. The van der Waals surface area contributed by atoms with Crippen LogP contribution >= 0.6 is 23.5 Å². The van der Waals surface area contributed by atoms with E-state index in [9.17, 15) is 10.1 Å². The summed E-state index contributed by atoms with van der Waals surface area (Å²) in [6.07, 6.45) is 0.821. The number of esters is 1. The molecule has 0 saturated carbocycles. The molecule has 0 aromatic carbocycles. The van der Waals surface area contributed by atoms with Crippen molar-refractivity contribution in [1.29, 1.82) is 5.26 Å². The first-order valence-electron chi connectivity index (χ1n) is 8.57. The van der Waals surface area contributed by atoms with Crippen molar-refractivity contribution in [3.05, 3.63) is 16.7 Å². The number of carbonyl (C=O) groups is 1. The maximum Gasteiger partial charge on any atom is 0.316 e. The number of pyridine rings is 1. The molecule has 1 saturated heterocycles. The Bertz CT molecular complexity index is 740. The van der Waals surface area contributed by atoms with Gasteiger partial charge in [0.15, 0.2) is 0 Å². The third-order valence-electron chi connectivity index (χ3n) is 4.54. The molecule has 0 bridgehead atoms. The number of ether oxygens (including phenoxy) is 2. The Labute approximate surface area is 162 Å². The Balaban J connectivity index is 2.06. The van der Waals surface area contributed by atoms with Gasteiger partial charge < -0.3 is 14.4 Å². The summed E-state index contributed by atoms with van der Waals surface area (Å²) in [4.78, 5) is 18.6. The summed E-state index contributed by atoms with van der Waals surface area (Å²) in [5, 5.41) is 10.4. The number of anilines is 1. The molecule has 3 rings (SSSR count). The number of methoxy groups -OCH3 is 1. The van der Waals surface area contributed by atoms with Gasteiger partial charge in [0.25, 0.3) is 0 Å². The molecule has 1 aromatic heterocycles. The van der Waals surface area contributed by atoms with Gasteiger partial charge in [-0.05, 0) is 12.0 Å². The molecule has 0 atom stereocenters. The maximum atomic E-state index is 11.6. The fourth-order valence-electron chi connectivity index (χ4n) is 3.17. The lowest BCUT2D eigenvalue weighted by Gasteiger charge is -2.36. The SMILES string of the molecule is COC(=O)CSc1nc(N2CCOCC2)c2c(c1C#N)CC(C)(C)SC2. The van der Waals surface area contributed by atoms with Crippen LogP contribution in [0.2, 0.25) is 0 Å². The van der Waals surface area contributed by atoms with E-state index in [1.54, 1.807) is 0 Å². The number of morpholine rings is 1. The zero-order valence-electron chi connectivity index (χ0n) is 15.3. The van der Waals surface area contributed by atoms with Crippen LogP contribution < -0.4 is 4.90 Å². The first-order valence-corrected chi connectivity index (χ1v) is 10.5. The number of hydrogen-bond donors (Lipinski definition) is 0. The van der Waals surface area contributed by atoms with Crippen molar-refractivity contribution in [2.45, 2.75) is 35.8 Å². The van der Waals surface area contributed by atoms with Crippen LogP contribution in [0.4, 0.5) is 5.82 Å². The summed E-state index contributed by atoms with van der Waals surface area (Å²) >= 11 is 3.18. The molecule has 0 amide bonds. The zero-order chi connectivity index (χ0) is 18.7. The molecule has 3 heterocycles. The second-order valence-electron chi connectivity index (χ2n) is 6.87. The second-order valence-corrected chi connectivity index (χ2v) is 9.52. The van der Waals surface area contributed by atoms with Gasteiger partial charge in [0, 0.05) is 29.2 Å². The normalized spacial score (nSPS) is 18.8. The highest BCUT2D eigenvalue weighted by Crippen LogP contribution is 2.44. The van der Waals surface area contributed by atoms with Gasteiger partial charge in [-0.15, -0.1) is 0 Å². The van der Waals surface area contributed by atoms with E-state index in [0.29, 0.717) is 23.8 Å². The molecule has 0 radical (unpaired) electrons. The second kappa shape index (κ2) is 8.07. The Kier molecular flexibility index (Phi) is 6.00. The molecule has 2 aliphatic rings. The minimum absolute atomic E-state index is 0.0759. The fourth-order valence-corrected chi connectivity index (χ4v) is 5.09. The molecule has 140 valence electrons. The van der Waals surface area contributed by atoms with Gasteiger partial charge in [-0.1, -0.05) is 25.6 Å². The molecule has 0 spiro atoms. The number of hydrogen-bond acceptors (Lipinski definition) is 8. The molecule has 6 nitrogen and oxygen atoms in total. The van der Waals surface area contributed by atoms with Gasteiger partial charge in [0.05, 0.1) is 31.6 Å². The predicted octanol–water partition coefficient (Wildman–Crippen LogP) is 2.62. The van der Waals surface area contributed by atoms with Gasteiger partial charge in [-0.25, -0.2) is 4.98 Å². The summed E-state index contributed by atoms with van der Waals surface area (Å²) in [6, 6.07) is 2.35. The van der Waals surface area contributed by atoms with Crippen molar-refractivity contribution in [3.63, 3.8) is 0 Å². The van der Waals surface area contributed by atoms with Crippen molar-refractivity contribution >= 4 is 35.3 Å². The van der Waals surface area contributed by atoms with Gasteiger partial charge in [0.1, 0.15) is 16.9 Å². The molecular weight excluding hydrogens is 370 g/mol. The number of thioether (sulfide) groups is 2. The molecule has 0 N–H and O–H groups in total.